The molecule has 2 unspecified atom stereocenters. The van der Waals surface area contributed by atoms with Gasteiger partial charge >= 0.3 is 0 Å². The van der Waals surface area contributed by atoms with E-state index in [0.29, 0.717) is 37.2 Å². The monoisotopic (exact) mass is 452 g/mol. The van der Waals surface area contributed by atoms with Crippen LogP contribution < -0.4 is 5.32 Å². The molecule has 1 N–H and O–H groups in total. The fourth-order valence-corrected chi connectivity index (χ4v) is 3.61. The molecule has 0 spiro atoms. The normalized spacial score (nSPS) is 16.4. The average Bonchev–Trinajstić information content (AvgIpc) is 2.77. The lowest BCUT2D eigenvalue weighted by Crippen LogP contribution is -2.49. The van der Waals surface area contributed by atoms with Gasteiger partial charge in [-0.1, -0.05) is 23.7 Å². The van der Waals surface area contributed by atoms with Gasteiger partial charge in [0.2, 0.25) is 5.91 Å². The quantitative estimate of drug-likeness (QED) is 0.622. The van der Waals surface area contributed by atoms with E-state index in [4.69, 9.17) is 16.3 Å². The highest BCUT2D eigenvalue weighted by Gasteiger charge is 2.35. The van der Waals surface area contributed by atoms with Crippen molar-refractivity contribution in [3.05, 3.63) is 59.9 Å². The van der Waals surface area contributed by atoms with Crippen molar-refractivity contribution in [2.75, 3.05) is 19.8 Å². The first kappa shape index (κ1) is 23.0. The summed E-state index contributed by atoms with van der Waals surface area (Å²) < 4.78 is 32.7. The number of nitrogens with one attached hydrogen (secondary N) is 1. The van der Waals surface area contributed by atoms with Gasteiger partial charge in [-0.25, -0.2) is 18.7 Å². The molecular formula is C21H23ClF2N4O3. The Hall–Kier alpha value is -2.65. The first-order valence-corrected chi connectivity index (χ1v) is 10.4. The van der Waals surface area contributed by atoms with Gasteiger partial charge in [0.25, 0.3) is 11.5 Å². The van der Waals surface area contributed by atoms with E-state index >= 15 is 0 Å². The van der Waals surface area contributed by atoms with Gasteiger partial charge in [-0.15, -0.1) is 0 Å². The smallest absolute Gasteiger partial charge is 0.273 e. The summed E-state index contributed by atoms with van der Waals surface area (Å²) in [6, 6.07) is 4.51. The fourth-order valence-electron chi connectivity index (χ4n) is 3.48. The van der Waals surface area contributed by atoms with Crippen LogP contribution in [0.4, 0.5) is 8.78 Å². The van der Waals surface area contributed by atoms with E-state index < -0.39 is 29.3 Å². The van der Waals surface area contributed by atoms with Crippen molar-refractivity contribution in [3.63, 3.8) is 0 Å². The van der Waals surface area contributed by atoms with Crippen LogP contribution in [0.2, 0.25) is 0 Å². The molecule has 10 heteroatoms. The van der Waals surface area contributed by atoms with E-state index in [1.54, 1.807) is 6.07 Å². The fraction of sp³-hybridized carbons (Fsp3) is 0.429. The summed E-state index contributed by atoms with van der Waals surface area (Å²) in [6.07, 6.45) is 5.53. The van der Waals surface area contributed by atoms with Crippen molar-refractivity contribution in [1.82, 2.24) is 20.2 Å². The number of alkyl halides is 2. The number of ether oxygens (including phenoxy) is 1. The third-order valence-corrected chi connectivity index (χ3v) is 5.21. The van der Waals surface area contributed by atoms with Gasteiger partial charge < -0.3 is 15.0 Å². The lowest BCUT2D eigenvalue weighted by atomic mass is 10.0. The minimum Gasteiger partial charge on any atom is -0.381 e. The van der Waals surface area contributed by atoms with Crippen LogP contribution in [-0.4, -0.2) is 58.1 Å². The van der Waals surface area contributed by atoms with Crippen LogP contribution in [0.1, 0.15) is 30.0 Å². The van der Waals surface area contributed by atoms with Gasteiger partial charge in [-0.05, 0) is 37.0 Å². The number of nitrogens with zero attached hydrogens (tertiary/aromatic N) is 3. The summed E-state index contributed by atoms with van der Waals surface area (Å²) in [5.41, 5.74) is -1.43. The summed E-state index contributed by atoms with van der Waals surface area (Å²) in [6.45, 7) is 0.969. The number of rotatable bonds is 8. The molecule has 1 aliphatic rings. The van der Waals surface area contributed by atoms with Crippen LogP contribution in [0.15, 0.2) is 43.0 Å². The third-order valence-electron chi connectivity index (χ3n) is 5.02. The van der Waals surface area contributed by atoms with Gasteiger partial charge in [0.05, 0.1) is 0 Å². The van der Waals surface area contributed by atoms with Crippen molar-refractivity contribution >= 4 is 23.4 Å². The van der Waals surface area contributed by atoms with Crippen LogP contribution in [0.25, 0.3) is 0 Å². The zero-order valence-electron chi connectivity index (χ0n) is 16.7. The first-order chi connectivity index (χ1) is 15.0. The molecule has 2 aromatic rings. The summed E-state index contributed by atoms with van der Waals surface area (Å²) in [4.78, 5) is 34.8. The molecule has 0 saturated carbocycles. The highest BCUT2D eigenvalue weighted by atomic mass is 35.5. The Morgan fingerprint density at radius 3 is 2.61 bits per heavy atom. The Bertz CT molecular complexity index is 882. The number of benzene rings is 1. The minimum absolute atomic E-state index is 0.0593. The first-order valence-electron chi connectivity index (χ1n) is 9.92. The molecule has 2 heterocycles. The van der Waals surface area contributed by atoms with E-state index in [1.807, 2.05) is 0 Å². The van der Waals surface area contributed by atoms with E-state index in [1.165, 1.54) is 36.9 Å². The standard InChI is InChI=1S/C21H23ClF2N4O3/c22-19(24)21(30)28(7-4-14-2-1-3-16(23)10-14)18(15-11-25-13-26-12-15)20(29)27-17-5-8-31-9-6-17/h1-3,10-13,17-19H,4-9H2,(H,27,29). The number of carbonyl (C=O) groups excluding carboxylic acids is 2. The predicted molar refractivity (Wildman–Crippen MR) is 109 cm³/mol. The van der Waals surface area contributed by atoms with Crippen LogP contribution in [0, 0.1) is 5.82 Å². The van der Waals surface area contributed by atoms with Gasteiger partial charge in [0, 0.05) is 43.8 Å². The Morgan fingerprint density at radius 2 is 1.97 bits per heavy atom. The van der Waals surface area contributed by atoms with Crippen molar-refractivity contribution in [2.24, 2.45) is 0 Å². The zero-order chi connectivity index (χ0) is 22.2. The van der Waals surface area contributed by atoms with E-state index in [9.17, 15) is 18.4 Å². The number of amides is 2. The molecule has 0 bridgehead atoms. The van der Waals surface area contributed by atoms with Crippen molar-refractivity contribution < 1.29 is 23.1 Å². The van der Waals surface area contributed by atoms with E-state index in [2.05, 4.69) is 15.3 Å². The maximum atomic E-state index is 13.9. The van der Waals surface area contributed by atoms with Crippen LogP contribution in [0.3, 0.4) is 0 Å². The molecule has 2 atom stereocenters. The lowest BCUT2D eigenvalue weighted by Gasteiger charge is -2.33. The minimum atomic E-state index is -2.34. The van der Waals surface area contributed by atoms with Crippen molar-refractivity contribution in [1.29, 1.82) is 0 Å². The van der Waals surface area contributed by atoms with Crippen LogP contribution in [-0.2, 0) is 20.7 Å². The summed E-state index contributed by atoms with van der Waals surface area (Å²) in [7, 11) is 0. The van der Waals surface area contributed by atoms with Crippen molar-refractivity contribution in [3.8, 4) is 0 Å². The van der Waals surface area contributed by atoms with Gasteiger partial charge in [0.1, 0.15) is 18.2 Å². The van der Waals surface area contributed by atoms with Crippen molar-refractivity contribution in [2.45, 2.75) is 37.0 Å². The lowest BCUT2D eigenvalue weighted by molar-refractivity contribution is -0.143. The molecule has 3 rings (SSSR count). The number of carbonyl (C=O) groups is 2. The van der Waals surface area contributed by atoms with Gasteiger partial charge in [-0.3, -0.25) is 9.59 Å². The SMILES string of the molecule is O=C(NC1CCOCC1)C(c1cncnc1)N(CCc1cccc(F)c1)C(=O)C(F)Cl. The Kier molecular flexibility index (Phi) is 8.25. The molecule has 1 aromatic carbocycles. The van der Waals surface area contributed by atoms with Crippen LogP contribution >= 0.6 is 11.6 Å². The molecule has 0 radical (unpaired) electrons. The van der Waals surface area contributed by atoms with Gasteiger partial charge in [-0.2, -0.15) is 0 Å². The predicted octanol–water partition coefficient (Wildman–Crippen LogP) is 2.56. The number of hydrogen-bond acceptors (Lipinski definition) is 5. The highest BCUT2D eigenvalue weighted by Crippen LogP contribution is 2.24. The molecule has 1 aromatic heterocycles. The molecule has 1 fully saturated rings. The summed E-state index contributed by atoms with van der Waals surface area (Å²) in [5, 5.41) is 2.91. The second kappa shape index (κ2) is 11.1. The maximum absolute atomic E-state index is 13.9. The summed E-state index contributed by atoms with van der Waals surface area (Å²) >= 11 is 5.46. The molecular weight excluding hydrogens is 430 g/mol. The highest BCUT2D eigenvalue weighted by molar-refractivity contribution is 6.29. The molecule has 0 aliphatic carbocycles. The average molecular weight is 453 g/mol. The molecule has 166 valence electrons. The number of aromatic nitrogens is 2. The number of halogens is 3. The summed E-state index contributed by atoms with van der Waals surface area (Å²) in [5.74, 6) is -1.98. The van der Waals surface area contributed by atoms with E-state index in [-0.39, 0.29) is 19.0 Å². The molecule has 7 nitrogen and oxygen atoms in total. The molecule has 31 heavy (non-hydrogen) atoms. The third kappa shape index (κ3) is 6.41. The van der Waals surface area contributed by atoms with Crippen LogP contribution in [0.5, 0.6) is 0 Å². The second-order valence-corrected chi connectivity index (χ2v) is 7.57. The number of hydrogen-bond donors (Lipinski definition) is 1. The molecule has 1 saturated heterocycles. The molecule has 1 aliphatic heterocycles. The second-order valence-electron chi connectivity index (χ2n) is 7.18. The topological polar surface area (TPSA) is 84.4 Å². The zero-order valence-corrected chi connectivity index (χ0v) is 17.5. The molecule has 2 amide bonds. The maximum Gasteiger partial charge on any atom is 0.273 e. The van der Waals surface area contributed by atoms with Gasteiger partial charge in [0.15, 0.2) is 0 Å². The Morgan fingerprint density at radius 1 is 1.26 bits per heavy atom. The Balaban J connectivity index is 1.87. The van der Waals surface area contributed by atoms with E-state index in [0.717, 1.165) is 4.90 Å². The Labute approximate surface area is 183 Å². The largest absolute Gasteiger partial charge is 0.381 e.